The van der Waals surface area contributed by atoms with E-state index in [2.05, 4.69) is 21.2 Å². The second-order valence-corrected chi connectivity index (χ2v) is 8.48. The number of methoxy groups -OCH3 is 3. The van der Waals surface area contributed by atoms with Crippen LogP contribution in [0.2, 0.25) is 0 Å². The lowest BCUT2D eigenvalue weighted by Crippen LogP contribution is -2.54. The Kier molecular flexibility index (Phi) is 5.68. The van der Waals surface area contributed by atoms with Crippen molar-refractivity contribution in [2.45, 2.75) is 17.7 Å². The van der Waals surface area contributed by atoms with Crippen molar-refractivity contribution in [3.8, 4) is 0 Å². The molecular weight excluding hydrogens is 486 g/mol. The minimum absolute atomic E-state index is 0.196. The summed E-state index contributed by atoms with van der Waals surface area (Å²) in [4.78, 5) is 51.3. The third-order valence-electron chi connectivity index (χ3n) is 6.13. The summed E-state index contributed by atoms with van der Waals surface area (Å²) < 4.78 is 21.6. The van der Waals surface area contributed by atoms with Gasteiger partial charge in [0, 0.05) is 16.4 Å². The van der Waals surface area contributed by atoms with Gasteiger partial charge in [0.25, 0.3) is 0 Å². The normalized spacial score (nSPS) is 30.9. The predicted octanol–water partition coefficient (Wildman–Crippen LogP) is 1.38. The Morgan fingerprint density at radius 1 is 1.09 bits per heavy atom. The van der Waals surface area contributed by atoms with Crippen LogP contribution in [0.25, 0.3) is 0 Å². The largest absolute Gasteiger partial charge is 0.489 e. The molecule has 1 aliphatic carbocycles. The number of hydrogen-bond acceptors (Lipinski definition) is 9. The molecule has 3 aliphatic rings. The number of carbonyl (C=O) groups excluding carboxylic acids is 4. The lowest BCUT2D eigenvalue weighted by Gasteiger charge is -2.39. The molecule has 2 heterocycles. The zero-order valence-corrected chi connectivity index (χ0v) is 19.0. The van der Waals surface area contributed by atoms with E-state index in [1.54, 1.807) is 0 Å². The fourth-order valence-corrected chi connectivity index (χ4v) is 5.10. The number of benzene rings is 1. The molecule has 0 aromatic heterocycles. The quantitative estimate of drug-likeness (QED) is 0.478. The first-order valence-electron chi connectivity index (χ1n) is 9.71. The number of rotatable bonds is 4. The summed E-state index contributed by atoms with van der Waals surface area (Å²) in [5.74, 6) is -4.83. The molecule has 4 rings (SSSR count). The smallest absolute Gasteiger partial charge is 0.375 e. The van der Waals surface area contributed by atoms with E-state index in [1.807, 2.05) is 24.3 Å². The molecule has 168 valence electrons. The molecule has 0 bridgehead atoms. The molecule has 10 heteroatoms. The molecule has 1 fully saturated rings. The number of fused-ring (bicyclic) bond motifs is 2. The van der Waals surface area contributed by atoms with Gasteiger partial charge >= 0.3 is 17.9 Å². The Hall–Kier alpha value is -2.98. The van der Waals surface area contributed by atoms with Crippen LogP contribution in [0.4, 0.5) is 0 Å². The van der Waals surface area contributed by atoms with Crippen molar-refractivity contribution in [3.05, 3.63) is 57.8 Å². The molecule has 1 aromatic rings. The van der Waals surface area contributed by atoms with E-state index in [9.17, 15) is 19.2 Å². The molecule has 1 spiro atoms. The molecule has 0 saturated carbocycles. The molecule has 2 aliphatic heterocycles. The summed E-state index contributed by atoms with van der Waals surface area (Å²) in [5, 5.41) is 3.17. The first-order chi connectivity index (χ1) is 15.3. The van der Waals surface area contributed by atoms with Gasteiger partial charge in [0.1, 0.15) is 11.6 Å². The van der Waals surface area contributed by atoms with Crippen molar-refractivity contribution in [3.63, 3.8) is 0 Å². The molecule has 32 heavy (non-hydrogen) atoms. The molecule has 9 nitrogen and oxygen atoms in total. The number of carbonyl (C=O) groups is 4. The number of ether oxygens (including phenoxy) is 4. The van der Waals surface area contributed by atoms with Gasteiger partial charge in [0.15, 0.2) is 11.4 Å². The Morgan fingerprint density at radius 2 is 1.78 bits per heavy atom. The molecular formula is C22H20BrNO8. The number of hydrogen-bond donors (Lipinski definition) is 1. The summed E-state index contributed by atoms with van der Waals surface area (Å²) in [6.45, 7) is 0. The van der Waals surface area contributed by atoms with Crippen molar-refractivity contribution >= 4 is 39.6 Å². The van der Waals surface area contributed by atoms with Crippen LogP contribution in [0, 0.1) is 11.8 Å². The summed E-state index contributed by atoms with van der Waals surface area (Å²) in [7, 11) is 3.60. The average molecular weight is 506 g/mol. The van der Waals surface area contributed by atoms with Gasteiger partial charge in [0.05, 0.1) is 27.2 Å². The highest BCUT2D eigenvalue weighted by atomic mass is 79.9. The van der Waals surface area contributed by atoms with E-state index in [4.69, 9.17) is 18.9 Å². The monoisotopic (exact) mass is 505 g/mol. The van der Waals surface area contributed by atoms with E-state index in [0.29, 0.717) is 0 Å². The fraction of sp³-hybridized carbons (Fsp3) is 0.364. The highest BCUT2D eigenvalue weighted by molar-refractivity contribution is 9.10. The molecule has 1 aromatic carbocycles. The van der Waals surface area contributed by atoms with Crippen molar-refractivity contribution in [1.82, 2.24) is 5.32 Å². The second kappa shape index (κ2) is 8.18. The van der Waals surface area contributed by atoms with E-state index in [0.717, 1.165) is 17.1 Å². The molecule has 1 saturated heterocycles. The highest BCUT2D eigenvalue weighted by Gasteiger charge is 2.67. The van der Waals surface area contributed by atoms with E-state index in [1.165, 1.54) is 26.4 Å². The van der Waals surface area contributed by atoms with Gasteiger partial charge in [-0.05, 0) is 29.8 Å². The van der Waals surface area contributed by atoms with Crippen LogP contribution in [-0.2, 0) is 38.1 Å². The maximum absolute atomic E-state index is 13.1. The lowest BCUT2D eigenvalue weighted by atomic mass is 9.66. The third kappa shape index (κ3) is 3.17. The van der Waals surface area contributed by atoms with E-state index in [-0.39, 0.29) is 17.1 Å². The SMILES string of the molecule is COC(=O)C1=C(OC)C(=O)O[C@]12C=CC(=O)[C@@H]1[C@H]2[C@H](C(=O)OC)N[C@@H]1c1ccc(Br)cc1. The van der Waals surface area contributed by atoms with Gasteiger partial charge in [-0.1, -0.05) is 28.1 Å². The summed E-state index contributed by atoms with van der Waals surface area (Å²) in [5.41, 5.74) is -1.20. The molecule has 0 amide bonds. The molecule has 0 unspecified atom stereocenters. The van der Waals surface area contributed by atoms with E-state index >= 15 is 0 Å². The number of allylic oxidation sites excluding steroid dienone is 1. The third-order valence-corrected chi connectivity index (χ3v) is 6.65. The van der Waals surface area contributed by atoms with Gasteiger partial charge in [-0.15, -0.1) is 0 Å². The van der Waals surface area contributed by atoms with Crippen LogP contribution in [0.15, 0.2) is 52.2 Å². The standard InChI is InChI=1S/C22H20BrNO8/c1-29-18-15(19(26)30-2)22(32-21(18)28)9-8-12(25)13-14(22)17(20(27)31-3)24-16(13)10-4-6-11(23)7-5-10/h4-9,13-14,16-17,24H,1-3H3/t13-,14+,16-,17-,22+/m1/s1. The van der Waals surface area contributed by atoms with Gasteiger partial charge in [-0.25, -0.2) is 9.59 Å². The maximum Gasteiger partial charge on any atom is 0.375 e. The number of ketones is 1. The van der Waals surface area contributed by atoms with Crippen LogP contribution in [0.3, 0.4) is 0 Å². The number of nitrogens with one attached hydrogen (secondary N) is 1. The van der Waals surface area contributed by atoms with Gasteiger partial charge in [0.2, 0.25) is 5.76 Å². The average Bonchev–Trinajstić information content (AvgIpc) is 3.33. The summed E-state index contributed by atoms with van der Waals surface area (Å²) in [6.07, 6.45) is 2.59. The maximum atomic E-state index is 13.1. The van der Waals surface area contributed by atoms with E-state index < -0.39 is 47.4 Å². The minimum atomic E-state index is -1.75. The number of esters is 3. The van der Waals surface area contributed by atoms with Crippen LogP contribution in [-0.4, -0.2) is 56.7 Å². The zero-order chi connectivity index (χ0) is 23.2. The summed E-state index contributed by atoms with van der Waals surface area (Å²) in [6, 6.07) is 5.60. The molecule has 1 N–H and O–H groups in total. The highest BCUT2D eigenvalue weighted by Crippen LogP contribution is 2.53. The predicted molar refractivity (Wildman–Crippen MR) is 112 cm³/mol. The Bertz CT molecular complexity index is 1060. The van der Waals surface area contributed by atoms with Gasteiger partial charge < -0.3 is 18.9 Å². The molecule has 0 radical (unpaired) electrons. The van der Waals surface area contributed by atoms with Gasteiger partial charge in [-0.3, -0.25) is 14.9 Å². The Morgan fingerprint density at radius 3 is 2.38 bits per heavy atom. The Labute approximate surface area is 191 Å². The van der Waals surface area contributed by atoms with Crippen molar-refractivity contribution < 1.29 is 38.1 Å². The van der Waals surface area contributed by atoms with Crippen LogP contribution in [0.5, 0.6) is 0 Å². The lowest BCUT2D eigenvalue weighted by molar-refractivity contribution is -0.159. The second-order valence-electron chi connectivity index (χ2n) is 7.57. The zero-order valence-electron chi connectivity index (χ0n) is 17.4. The fourth-order valence-electron chi connectivity index (χ4n) is 4.84. The minimum Gasteiger partial charge on any atom is -0.489 e. The van der Waals surface area contributed by atoms with Crippen molar-refractivity contribution in [2.75, 3.05) is 21.3 Å². The van der Waals surface area contributed by atoms with Crippen LogP contribution < -0.4 is 5.32 Å². The first-order valence-corrected chi connectivity index (χ1v) is 10.5. The van der Waals surface area contributed by atoms with Crippen LogP contribution in [0.1, 0.15) is 11.6 Å². The van der Waals surface area contributed by atoms with Gasteiger partial charge in [-0.2, -0.15) is 0 Å². The number of halogens is 1. The topological polar surface area (TPSA) is 117 Å². The van der Waals surface area contributed by atoms with Crippen LogP contribution >= 0.6 is 15.9 Å². The molecule has 5 atom stereocenters. The summed E-state index contributed by atoms with van der Waals surface area (Å²) >= 11 is 3.38. The Balaban J connectivity index is 1.92. The van der Waals surface area contributed by atoms with Crippen molar-refractivity contribution in [1.29, 1.82) is 0 Å². The first kappa shape index (κ1) is 22.2. The van der Waals surface area contributed by atoms with Crippen molar-refractivity contribution in [2.24, 2.45) is 11.8 Å².